The maximum atomic E-state index is 12.9. The SMILES string of the molecule is CC(C(=O)Nc1cccc(Cl)c1)N(C)Cc1ccc(F)cc1. The molecular weight excluding hydrogens is 303 g/mol. The number of likely N-dealkylation sites (N-methyl/N-ethyl adjacent to an activating group) is 1. The molecular formula is C17H18ClFN2O. The summed E-state index contributed by atoms with van der Waals surface area (Å²) in [7, 11) is 1.85. The van der Waals surface area contributed by atoms with Crippen LogP contribution in [0.25, 0.3) is 0 Å². The molecule has 1 atom stereocenters. The van der Waals surface area contributed by atoms with Crippen molar-refractivity contribution >= 4 is 23.2 Å². The number of carbonyl (C=O) groups is 1. The van der Waals surface area contributed by atoms with E-state index in [4.69, 9.17) is 11.6 Å². The van der Waals surface area contributed by atoms with E-state index in [9.17, 15) is 9.18 Å². The summed E-state index contributed by atoms with van der Waals surface area (Å²) in [4.78, 5) is 14.1. The third-order valence-electron chi connectivity index (χ3n) is 3.48. The lowest BCUT2D eigenvalue weighted by Crippen LogP contribution is -2.39. The molecule has 0 aromatic heterocycles. The Morgan fingerprint density at radius 2 is 1.95 bits per heavy atom. The monoisotopic (exact) mass is 320 g/mol. The molecule has 1 unspecified atom stereocenters. The van der Waals surface area contributed by atoms with E-state index in [1.165, 1.54) is 12.1 Å². The molecule has 0 bridgehead atoms. The van der Waals surface area contributed by atoms with Crippen LogP contribution in [0.4, 0.5) is 10.1 Å². The third kappa shape index (κ3) is 4.55. The number of rotatable bonds is 5. The van der Waals surface area contributed by atoms with Crippen LogP contribution in [0, 0.1) is 5.82 Å². The summed E-state index contributed by atoms with van der Waals surface area (Å²) in [5, 5.41) is 3.41. The summed E-state index contributed by atoms with van der Waals surface area (Å²) < 4.78 is 12.9. The number of halogens is 2. The molecule has 0 saturated heterocycles. The van der Waals surface area contributed by atoms with Gasteiger partial charge in [-0.05, 0) is 49.9 Å². The van der Waals surface area contributed by atoms with Crippen LogP contribution in [0.3, 0.4) is 0 Å². The van der Waals surface area contributed by atoms with E-state index in [-0.39, 0.29) is 17.8 Å². The zero-order valence-electron chi connectivity index (χ0n) is 12.5. The smallest absolute Gasteiger partial charge is 0.241 e. The molecule has 3 nitrogen and oxygen atoms in total. The molecule has 0 heterocycles. The van der Waals surface area contributed by atoms with E-state index >= 15 is 0 Å². The highest BCUT2D eigenvalue weighted by Gasteiger charge is 2.18. The van der Waals surface area contributed by atoms with Crippen LogP contribution in [0.2, 0.25) is 5.02 Å². The van der Waals surface area contributed by atoms with Crippen LogP contribution in [0.5, 0.6) is 0 Å². The lowest BCUT2D eigenvalue weighted by Gasteiger charge is -2.24. The molecule has 5 heteroatoms. The van der Waals surface area contributed by atoms with Crippen molar-refractivity contribution in [3.8, 4) is 0 Å². The van der Waals surface area contributed by atoms with Gasteiger partial charge in [0.15, 0.2) is 0 Å². The van der Waals surface area contributed by atoms with Crippen molar-refractivity contribution in [3.05, 3.63) is 64.9 Å². The fraction of sp³-hybridized carbons (Fsp3) is 0.235. The molecule has 2 aromatic rings. The molecule has 0 aliphatic heterocycles. The van der Waals surface area contributed by atoms with E-state index in [0.29, 0.717) is 17.3 Å². The number of amides is 1. The number of carbonyl (C=O) groups excluding carboxylic acids is 1. The van der Waals surface area contributed by atoms with Crippen molar-refractivity contribution in [2.24, 2.45) is 0 Å². The molecule has 22 heavy (non-hydrogen) atoms. The van der Waals surface area contributed by atoms with Crippen LogP contribution in [-0.4, -0.2) is 23.9 Å². The standard InChI is InChI=1S/C17H18ClFN2O/c1-12(17(22)20-16-5-3-4-14(18)10-16)21(2)11-13-6-8-15(19)9-7-13/h3-10,12H,11H2,1-2H3,(H,20,22). The Balaban J connectivity index is 1.95. The first-order valence-electron chi connectivity index (χ1n) is 6.97. The van der Waals surface area contributed by atoms with Crippen molar-refractivity contribution in [3.63, 3.8) is 0 Å². The van der Waals surface area contributed by atoms with Gasteiger partial charge in [0, 0.05) is 17.3 Å². The van der Waals surface area contributed by atoms with Crippen LogP contribution < -0.4 is 5.32 Å². The molecule has 0 fully saturated rings. The van der Waals surface area contributed by atoms with Crippen LogP contribution >= 0.6 is 11.6 Å². The fourth-order valence-electron chi connectivity index (χ4n) is 2.03. The topological polar surface area (TPSA) is 32.3 Å². The summed E-state index contributed by atoms with van der Waals surface area (Å²) >= 11 is 5.90. The molecule has 2 rings (SSSR count). The predicted molar refractivity (Wildman–Crippen MR) is 87.4 cm³/mol. The molecule has 2 aromatic carbocycles. The first-order chi connectivity index (χ1) is 10.5. The average Bonchev–Trinajstić information content (AvgIpc) is 2.48. The second-order valence-corrected chi connectivity index (χ2v) is 5.65. The average molecular weight is 321 g/mol. The molecule has 0 spiro atoms. The number of nitrogens with one attached hydrogen (secondary N) is 1. The first kappa shape index (κ1) is 16.5. The predicted octanol–water partition coefficient (Wildman–Crippen LogP) is 3.94. The number of nitrogens with zero attached hydrogens (tertiary/aromatic N) is 1. The summed E-state index contributed by atoms with van der Waals surface area (Å²) in [5.74, 6) is -0.384. The highest BCUT2D eigenvalue weighted by molar-refractivity contribution is 6.30. The van der Waals surface area contributed by atoms with Gasteiger partial charge in [-0.2, -0.15) is 0 Å². The zero-order chi connectivity index (χ0) is 16.1. The van der Waals surface area contributed by atoms with E-state index in [1.807, 2.05) is 18.9 Å². The molecule has 1 N–H and O–H groups in total. The molecule has 0 saturated carbocycles. The Morgan fingerprint density at radius 3 is 2.59 bits per heavy atom. The summed E-state index contributed by atoms with van der Waals surface area (Å²) in [6.07, 6.45) is 0. The minimum absolute atomic E-state index is 0.119. The van der Waals surface area contributed by atoms with Crippen molar-refractivity contribution in [2.75, 3.05) is 12.4 Å². The summed E-state index contributed by atoms with van der Waals surface area (Å²) in [6, 6.07) is 13.0. The van der Waals surface area contributed by atoms with Gasteiger partial charge in [0.1, 0.15) is 5.82 Å². The highest BCUT2D eigenvalue weighted by Crippen LogP contribution is 2.16. The minimum atomic E-state index is -0.330. The maximum absolute atomic E-state index is 12.9. The van der Waals surface area contributed by atoms with Crippen LogP contribution in [0.15, 0.2) is 48.5 Å². The summed E-state index contributed by atoms with van der Waals surface area (Å²) in [6.45, 7) is 2.38. The van der Waals surface area contributed by atoms with Crippen molar-refractivity contribution < 1.29 is 9.18 Å². The molecule has 0 aliphatic carbocycles. The Bertz CT molecular complexity index is 645. The van der Waals surface area contributed by atoms with Gasteiger partial charge in [-0.25, -0.2) is 4.39 Å². The van der Waals surface area contributed by atoms with Gasteiger partial charge in [0.25, 0.3) is 0 Å². The Hall–Kier alpha value is -1.91. The maximum Gasteiger partial charge on any atom is 0.241 e. The highest BCUT2D eigenvalue weighted by atomic mass is 35.5. The van der Waals surface area contributed by atoms with E-state index in [1.54, 1.807) is 36.4 Å². The second-order valence-electron chi connectivity index (χ2n) is 5.22. The van der Waals surface area contributed by atoms with Crippen LogP contribution in [-0.2, 0) is 11.3 Å². The Kier molecular flexibility index (Phi) is 5.52. The van der Waals surface area contributed by atoms with Gasteiger partial charge >= 0.3 is 0 Å². The van der Waals surface area contributed by atoms with Gasteiger partial charge in [-0.15, -0.1) is 0 Å². The number of hydrogen-bond acceptors (Lipinski definition) is 2. The number of benzene rings is 2. The van der Waals surface area contributed by atoms with Crippen molar-refractivity contribution in [2.45, 2.75) is 19.5 Å². The van der Waals surface area contributed by atoms with E-state index in [2.05, 4.69) is 5.32 Å². The normalized spacial score (nSPS) is 12.2. The Labute approximate surface area is 134 Å². The van der Waals surface area contributed by atoms with Gasteiger partial charge in [0.2, 0.25) is 5.91 Å². The minimum Gasteiger partial charge on any atom is -0.325 e. The third-order valence-corrected chi connectivity index (χ3v) is 3.71. The van der Waals surface area contributed by atoms with Crippen LogP contribution in [0.1, 0.15) is 12.5 Å². The molecule has 1 amide bonds. The fourth-order valence-corrected chi connectivity index (χ4v) is 2.22. The molecule has 0 aliphatic rings. The van der Waals surface area contributed by atoms with Gasteiger partial charge in [-0.3, -0.25) is 9.69 Å². The Morgan fingerprint density at radius 1 is 1.27 bits per heavy atom. The van der Waals surface area contributed by atoms with Crippen molar-refractivity contribution in [1.29, 1.82) is 0 Å². The van der Waals surface area contributed by atoms with E-state index < -0.39 is 0 Å². The van der Waals surface area contributed by atoms with Crippen molar-refractivity contribution in [1.82, 2.24) is 4.90 Å². The molecule has 0 radical (unpaired) electrons. The van der Waals surface area contributed by atoms with Gasteiger partial charge < -0.3 is 5.32 Å². The lowest BCUT2D eigenvalue weighted by atomic mass is 10.2. The largest absolute Gasteiger partial charge is 0.325 e. The first-order valence-corrected chi connectivity index (χ1v) is 7.34. The number of hydrogen-bond donors (Lipinski definition) is 1. The van der Waals surface area contributed by atoms with Gasteiger partial charge in [0.05, 0.1) is 6.04 Å². The van der Waals surface area contributed by atoms with Gasteiger partial charge in [-0.1, -0.05) is 29.8 Å². The quantitative estimate of drug-likeness (QED) is 0.905. The lowest BCUT2D eigenvalue weighted by molar-refractivity contribution is -0.120. The summed E-state index contributed by atoms with van der Waals surface area (Å²) in [5.41, 5.74) is 1.62. The van der Waals surface area contributed by atoms with E-state index in [0.717, 1.165) is 5.56 Å². The number of anilines is 1. The zero-order valence-corrected chi connectivity index (χ0v) is 13.3. The second kappa shape index (κ2) is 7.38. The molecule has 116 valence electrons.